The quantitative estimate of drug-likeness (QED) is 0.114. The number of hydrogen-bond donors (Lipinski definition) is 12. The summed E-state index contributed by atoms with van der Waals surface area (Å²) >= 11 is 0. The molecule has 184 valence electrons. The third kappa shape index (κ3) is 339. The molecule has 0 aliphatic carbocycles. The Morgan fingerprint density at radius 1 is 0.452 bits per heavy atom. The van der Waals surface area contributed by atoms with E-state index in [9.17, 15) is 25.9 Å². The highest BCUT2D eigenvalue weighted by Gasteiger charge is 2.00. The van der Waals surface area contributed by atoms with Gasteiger partial charge in [0.25, 0.3) is 0 Å². The fourth-order valence-corrected chi connectivity index (χ4v) is 0.674. The molecule has 0 saturated carbocycles. The van der Waals surface area contributed by atoms with E-state index in [0.717, 1.165) is 6.67 Å². The lowest BCUT2D eigenvalue weighted by Gasteiger charge is -2.10. The summed E-state index contributed by atoms with van der Waals surface area (Å²) in [5.41, 5.74) is 0. The molecule has 1 heterocycles. The van der Waals surface area contributed by atoms with Gasteiger partial charge in [0.2, 0.25) is 0 Å². The zero-order valence-corrected chi connectivity index (χ0v) is 15.9. The second kappa shape index (κ2) is 33.5. The summed E-state index contributed by atoms with van der Waals surface area (Å²) in [5, 5.41) is 83.3. The largest absolute Gasteiger partial charge is 0.674 e. The van der Waals surface area contributed by atoms with Crippen LogP contribution in [-0.2, 0) is 0 Å². The van der Waals surface area contributed by atoms with Gasteiger partial charge in [-0.25, -0.2) is 0 Å². The van der Waals surface area contributed by atoms with Crippen molar-refractivity contribution in [3.8, 4) is 0 Å². The molecule has 12 N–H and O–H groups in total. The summed E-state index contributed by atoms with van der Waals surface area (Å²) in [6, 6.07) is 0. The van der Waals surface area contributed by atoms with Gasteiger partial charge in [-0.3, -0.25) is 25.9 Å². The fraction of sp³-hybridized carbons (Fsp3) is 0.600. The van der Waals surface area contributed by atoms with Crippen molar-refractivity contribution in [2.24, 2.45) is 0 Å². The van der Waals surface area contributed by atoms with Gasteiger partial charge in [-0.15, -0.1) is 0 Å². The minimum atomic E-state index is -2.67. The molecule has 0 spiro atoms. The monoisotopic (exact) mass is 482 g/mol. The van der Waals surface area contributed by atoms with Gasteiger partial charge in [0.05, 0.1) is 6.67 Å². The van der Waals surface area contributed by atoms with Gasteiger partial charge in [-0.2, -0.15) is 0 Å². The summed E-state index contributed by atoms with van der Waals surface area (Å²) in [6.45, 7) is 1.03. The third-order valence-electron chi connectivity index (χ3n) is 1.02. The first kappa shape index (κ1) is 43.7. The van der Waals surface area contributed by atoms with E-state index in [1.54, 1.807) is 0 Å². The molecule has 0 aromatic carbocycles. The average Bonchev–Trinajstić information content (AvgIpc) is 2.78. The van der Waals surface area contributed by atoms with Crippen LogP contribution in [0, 0.1) is 0 Å². The Balaban J connectivity index is -0.0000000599. The summed E-state index contributed by atoms with van der Waals surface area (Å²) in [5.74, 6) is 0. The van der Waals surface area contributed by atoms with E-state index >= 15 is 0 Å². The highest BCUT2D eigenvalue weighted by atomic mass is 19.1. The lowest BCUT2D eigenvalue weighted by Crippen LogP contribution is -2.17. The topological polar surface area (TPSA) is 249 Å². The first-order valence-corrected chi connectivity index (χ1v) is 6.78. The van der Waals surface area contributed by atoms with Gasteiger partial charge < -0.3 is 70.1 Å². The van der Waals surface area contributed by atoms with E-state index in [1.807, 2.05) is 0 Å². The van der Waals surface area contributed by atoms with Gasteiger partial charge in [-0.1, -0.05) is 0 Å². The number of halogens is 6. The van der Waals surface area contributed by atoms with E-state index in [2.05, 4.69) is 36.3 Å². The maximum Gasteiger partial charge on any atom is 0.674 e. The summed E-state index contributed by atoms with van der Waals surface area (Å²) < 4.78 is 60.7. The van der Waals surface area contributed by atoms with Gasteiger partial charge in [0.15, 0.2) is 0 Å². The molecular weight excluding hydrogens is 459 g/mol. The highest BCUT2D eigenvalue weighted by molar-refractivity contribution is 6.32. The van der Waals surface area contributed by atoms with Crippen LogP contribution < -0.4 is 0 Å². The first-order valence-electron chi connectivity index (χ1n) is 6.78. The van der Waals surface area contributed by atoms with Crippen LogP contribution in [0.2, 0.25) is 0 Å². The van der Waals surface area contributed by atoms with Crippen molar-refractivity contribution < 1.29 is 86.2 Å². The molecule has 0 radical (unpaired) electrons. The second-order valence-electron chi connectivity index (χ2n) is 3.82. The van der Waals surface area contributed by atoms with Crippen LogP contribution in [0.5, 0.6) is 0 Å². The number of hydrogen-bond acceptors (Lipinski definition) is 14. The Morgan fingerprint density at radius 2 is 0.548 bits per heavy atom. The molecular formula is C5H22B6F6N2O12. The van der Waals surface area contributed by atoms with Crippen molar-refractivity contribution in [2.75, 3.05) is 20.8 Å². The van der Waals surface area contributed by atoms with Crippen LogP contribution in [0.1, 0.15) is 0 Å². The summed E-state index contributed by atoms with van der Waals surface area (Å²) in [4.78, 5) is 4.25. The molecule has 31 heavy (non-hydrogen) atoms. The summed E-state index contributed by atoms with van der Waals surface area (Å²) in [7, 11) is -11.9. The van der Waals surface area contributed by atoms with Crippen LogP contribution in [0.3, 0.4) is 0 Å². The Bertz CT molecular complexity index is 271. The van der Waals surface area contributed by atoms with Gasteiger partial charge in [-0.05, 0) is 0 Å². The molecule has 26 heteroatoms. The zero-order chi connectivity index (χ0) is 26.7. The van der Waals surface area contributed by atoms with Crippen molar-refractivity contribution in [3.05, 3.63) is 12.4 Å². The highest BCUT2D eigenvalue weighted by Crippen LogP contribution is 1.97. The van der Waals surface area contributed by atoms with E-state index < -0.39 is 44.4 Å². The van der Waals surface area contributed by atoms with Crippen molar-refractivity contribution in [2.45, 2.75) is 0 Å². The van der Waals surface area contributed by atoms with E-state index in [0.29, 0.717) is 0 Å². The normalized spacial score (nSPS) is 9.55. The number of nitrogens with zero attached hydrogens (tertiary/aromatic N) is 2. The van der Waals surface area contributed by atoms with Gasteiger partial charge >= 0.3 is 44.4 Å². The molecule has 0 aromatic rings. The average molecular weight is 481 g/mol. The second-order valence-corrected chi connectivity index (χ2v) is 3.82. The molecule has 14 nitrogen and oxygen atoms in total. The van der Waals surface area contributed by atoms with Gasteiger partial charge in [0, 0.05) is 26.5 Å². The maximum absolute atomic E-state index is 10.1. The Labute approximate surface area is 174 Å². The molecule has 0 amide bonds. The van der Waals surface area contributed by atoms with E-state index in [4.69, 9.17) is 60.3 Å². The molecule has 0 saturated heterocycles. The van der Waals surface area contributed by atoms with Crippen LogP contribution >= 0.6 is 0 Å². The molecule has 0 fully saturated rings. The minimum Gasteiger partial charge on any atom is -0.398 e. The third-order valence-corrected chi connectivity index (χ3v) is 1.02. The predicted octanol–water partition coefficient (Wildman–Crippen LogP) is -6.16. The first-order chi connectivity index (χ1) is 13.7. The molecule has 1 rings (SSSR count). The van der Waals surface area contributed by atoms with Crippen LogP contribution in [-0.4, -0.2) is 135 Å². The van der Waals surface area contributed by atoms with Crippen LogP contribution in [0.15, 0.2) is 12.4 Å². The molecule has 0 unspecified atom stereocenters. The summed E-state index contributed by atoms with van der Waals surface area (Å²) in [6.07, 6.45) is 4.11. The fourth-order valence-electron chi connectivity index (χ4n) is 0.674. The van der Waals surface area contributed by atoms with Crippen molar-refractivity contribution >= 4 is 44.4 Å². The molecule has 0 aromatic heterocycles. The molecule has 1 aliphatic rings. The number of rotatable bonds is 0. The molecule has 0 bridgehead atoms. The lowest BCUT2D eigenvalue weighted by molar-refractivity contribution is 0.338. The minimum absolute atomic E-state index is 1.03. The van der Waals surface area contributed by atoms with Crippen molar-refractivity contribution in [1.29, 1.82) is 0 Å². The van der Waals surface area contributed by atoms with Crippen LogP contribution in [0.4, 0.5) is 25.9 Å². The Hall–Kier alpha value is -1.17. The maximum atomic E-state index is 10.1. The predicted molar refractivity (Wildman–Crippen MR) is 97.3 cm³/mol. The van der Waals surface area contributed by atoms with E-state index in [-0.39, 0.29) is 0 Å². The molecule has 1 aliphatic heterocycles. The Morgan fingerprint density at radius 3 is 0.581 bits per heavy atom. The lowest BCUT2D eigenvalue weighted by atomic mass is 10.3. The standard InChI is InChI=1S/C5H10N2.6BFH2O2/c1-6-3-4-7(2)5-6;6*2-1(3)4/h3-4H,5H2,1-2H3;6*3-4H. The van der Waals surface area contributed by atoms with Gasteiger partial charge in [0.1, 0.15) is 0 Å². The molecule has 0 atom stereocenters. The SMILES string of the molecule is CN1C=CN(C)C1.OB(O)F.OB(O)F.OB(O)F.OB(O)F.OB(O)F.OB(O)F. The Kier molecular flexibility index (Phi) is 47.1. The smallest absolute Gasteiger partial charge is 0.398 e. The van der Waals surface area contributed by atoms with Crippen LogP contribution in [0.25, 0.3) is 0 Å². The van der Waals surface area contributed by atoms with E-state index in [1.165, 1.54) is 0 Å². The van der Waals surface area contributed by atoms with Crippen molar-refractivity contribution in [3.63, 3.8) is 0 Å². The zero-order valence-electron chi connectivity index (χ0n) is 15.9. The van der Waals surface area contributed by atoms with Crippen molar-refractivity contribution in [1.82, 2.24) is 9.80 Å².